The monoisotopic (exact) mass is 362 g/mol. The highest BCUT2D eigenvalue weighted by Gasteiger charge is 2.07. The van der Waals surface area contributed by atoms with Crippen LogP contribution < -0.4 is 5.32 Å². The fraction of sp³-hybridized carbons (Fsp3) is 0.111. The summed E-state index contributed by atoms with van der Waals surface area (Å²) in [5.74, 6) is -0.397. The largest absolute Gasteiger partial charge is 0.345 e. The average molecular weight is 363 g/mol. The highest BCUT2D eigenvalue weighted by molar-refractivity contribution is 6.35. The minimum Gasteiger partial charge on any atom is -0.345 e. The van der Waals surface area contributed by atoms with Gasteiger partial charge in [0, 0.05) is 30.8 Å². The normalized spacial score (nSPS) is 10.7. The predicted octanol–water partition coefficient (Wildman–Crippen LogP) is 4.35. The number of carbonyl (C=O) groups excluding carboxylic acids is 2. The molecule has 0 aliphatic rings. The van der Waals surface area contributed by atoms with Gasteiger partial charge in [0.2, 0.25) is 5.91 Å². The molecule has 2 amide bonds. The topological polar surface area (TPSA) is 49.4 Å². The van der Waals surface area contributed by atoms with Crippen molar-refractivity contribution in [3.63, 3.8) is 0 Å². The third kappa shape index (κ3) is 4.85. The number of amides is 2. The van der Waals surface area contributed by atoms with Crippen LogP contribution in [0.25, 0.3) is 6.08 Å². The number of halogens is 2. The molecule has 0 aliphatic carbocycles. The molecule has 1 N–H and O–H groups in total. The first kappa shape index (κ1) is 18.0. The van der Waals surface area contributed by atoms with Gasteiger partial charge < -0.3 is 10.2 Å². The molecule has 0 heterocycles. The quantitative estimate of drug-likeness (QED) is 0.822. The van der Waals surface area contributed by atoms with Crippen LogP contribution in [-0.2, 0) is 4.79 Å². The predicted molar refractivity (Wildman–Crippen MR) is 98.6 cm³/mol. The Balaban J connectivity index is 2.03. The third-order valence-electron chi connectivity index (χ3n) is 3.18. The lowest BCUT2D eigenvalue weighted by molar-refractivity contribution is -0.111. The van der Waals surface area contributed by atoms with Crippen molar-refractivity contribution in [1.82, 2.24) is 4.90 Å². The number of nitrogens with one attached hydrogen (secondary N) is 1. The van der Waals surface area contributed by atoms with Crippen LogP contribution >= 0.6 is 23.2 Å². The van der Waals surface area contributed by atoms with Gasteiger partial charge in [0.15, 0.2) is 0 Å². The second-order valence-corrected chi connectivity index (χ2v) is 6.11. The molecule has 0 saturated carbocycles. The molecule has 0 saturated heterocycles. The van der Waals surface area contributed by atoms with Gasteiger partial charge in [0.25, 0.3) is 5.91 Å². The summed E-state index contributed by atoms with van der Waals surface area (Å²) in [5, 5.41) is 3.56. The van der Waals surface area contributed by atoms with Gasteiger partial charge in [-0.2, -0.15) is 0 Å². The van der Waals surface area contributed by atoms with Crippen LogP contribution in [0.15, 0.2) is 48.5 Å². The van der Waals surface area contributed by atoms with E-state index in [2.05, 4.69) is 5.32 Å². The summed E-state index contributed by atoms with van der Waals surface area (Å²) in [6, 6.07) is 11.8. The van der Waals surface area contributed by atoms with Gasteiger partial charge in [0.1, 0.15) is 0 Å². The molecule has 2 aromatic rings. The minimum atomic E-state index is -0.326. The standard InChI is InChI=1S/C18H16Cl2N2O2/c1-22(2)18(24)13-6-3-12(4-7-13)5-10-17(23)21-16-11-14(19)8-9-15(16)20/h3-11H,1-2H3,(H,21,23)/b10-5+. The molecule has 2 rings (SSSR count). The molecular formula is C18H16Cl2N2O2. The van der Waals surface area contributed by atoms with Crippen molar-refractivity contribution in [3.05, 3.63) is 69.7 Å². The van der Waals surface area contributed by atoms with Crippen LogP contribution in [0.5, 0.6) is 0 Å². The highest BCUT2D eigenvalue weighted by Crippen LogP contribution is 2.25. The molecular weight excluding hydrogens is 347 g/mol. The van der Waals surface area contributed by atoms with E-state index in [0.29, 0.717) is 21.3 Å². The maximum Gasteiger partial charge on any atom is 0.253 e. The van der Waals surface area contributed by atoms with Crippen LogP contribution in [0, 0.1) is 0 Å². The first-order valence-corrected chi connectivity index (χ1v) is 7.88. The highest BCUT2D eigenvalue weighted by atomic mass is 35.5. The Morgan fingerprint density at radius 3 is 2.33 bits per heavy atom. The van der Waals surface area contributed by atoms with Crippen molar-refractivity contribution >= 4 is 46.8 Å². The number of nitrogens with zero attached hydrogens (tertiary/aromatic N) is 1. The Kier molecular flexibility index (Phi) is 6.01. The molecule has 0 unspecified atom stereocenters. The summed E-state index contributed by atoms with van der Waals surface area (Å²) in [6.45, 7) is 0. The van der Waals surface area contributed by atoms with E-state index in [4.69, 9.17) is 23.2 Å². The van der Waals surface area contributed by atoms with E-state index < -0.39 is 0 Å². The number of hydrogen-bond donors (Lipinski definition) is 1. The van der Waals surface area contributed by atoms with Gasteiger partial charge >= 0.3 is 0 Å². The van der Waals surface area contributed by atoms with Crippen LogP contribution in [0.3, 0.4) is 0 Å². The van der Waals surface area contributed by atoms with Crippen LogP contribution in [0.2, 0.25) is 10.0 Å². The summed E-state index contributed by atoms with van der Waals surface area (Å²) >= 11 is 11.9. The first-order chi connectivity index (χ1) is 11.4. The van der Waals surface area contributed by atoms with Crippen molar-refractivity contribution < 1.29 is 9.59 Å². The van der Waals surface area contributed by atoms with Crippen molar-refractivity contribution in [2.75, 3.05) is 19.4 Å². The molecule has 0 aliphatic heterocycles. The number of rotatable bonds is 4. The number of hydrogen-bond acceptors (Lipinski definition) is 2. The zero-order valence-corrected chi connectivity index (χ0v) is 14.7. The molecule has 124 valence electrons. The van der Waals surface area contributed by atoms with Gasteiger partial charge in [-0.1, -0.05) is 35.3 Å². The molecule has 0 radical (unpaired) electrons. The number of benzene rings is 2. The molecule has 0 spiro atoms. The summed E-state index contributed by atoms with van der Waals surface area (Å²) in [6.07, 6.45) is 3.04. The van der Waals surface area contributed by atoms with Crippen LogP contribution in [0.4, 0.5) is 5.69 Å². The zero-order chi connectivity index (χ0) is 17.7. The summed E-state index contributed by atoms with van der Waals surface area (Å²) in [7, 11) is 3.39. The van der Waals surface area contributed by atoms with Crippen LogP contribution in [0.1, 0.15) is 15.9 Å². The van der Waals surface area contributed by atoms with Crippen molar-refractivity contribution in [2.45, 2.75) is 0 Å². The zero-order valence-electron chi connectivity index (χ0n) is 13.2. The maximum atomic E-state index is 12.0. The van der Waals surface area contributed by atoms with Gasteiger partial charge in [-0.3, -0.25) is 9.59 Å². The van der Waals surface area contributed by atoms with E-state index in [0.717, 1.165) is 5.56 Å². The second-order valence-electron chi connectivity index (χ2n) is 5.27. The summed E-state index contributed by atoms with van der Waals surface area (Å²) in [5.41, 5.74) is 1.84. The van der Waals surface area contributed by atoms with E-state index in [1.807, 2.05) is 0 Å². The third-order valence-corrected chi connectivity index (χ3v) is 3.74. The molecule has 0 bridgehead atoms. The fourth-order valence-electron chi connectivity index (χ4n) is 1.93. The molecule has 2 aromatic carbocycles. The van der Waals surface area contributed by atoms with Crippen LogP contribution in [-0.4, -0.2) is 30.8 Å². The second kappa shape index (κ2) is 7.99. The van der Waals surface area contributed by atoms with E-state index in [-0.39, 0.29) is 11.8 Å². The Morgan fingerprint density at radius 1 is 1.04 bits per heavy atom. The maximum absolute atomic E-state index is 12.0. The van der Waals surface area contributed by atoms with Gasteiger partial charge in [0.05, 0.1) is 10.7 Å². The van der Waals surface area contributed by atoms with Gasteiger partial charge in [-0.25, -0.2) is 0 Å². The van der Waals surface area contributed by atoms with E-state index in [1.165, 1.54) is 11.0 Å². The SMILES string of the molecule is CN(C)C(=O)c1ccc(/C=C/C(=O)Nc2cc(Cl)ccc2Cl)cc1. The minimum absolute atomic E-state index is 0.0705. The van der Waals surface area contributed by atoms with Crippen molar-refractivity contribution in [3.8, 4) is 0 Å². The molecule has 6 heteroatoms. The lowest BCUT2D eigenvalue weighted by atomic mass is 10.1. The van der Waals surface area contributed by atoms with E-state index in [1.54, 1.807) is 62.6 Å². The number of anilines is 1. The average Bonchev–Trinajstić information content (AvgIpc) is 2.56. The lowest BCUT2D eigenvalue weighted by Gasteiger charge is -2.09. The Labute approximate surface area is 150 Å². The molecule has 0 aromatic heterocycles. The van der Waals surface area contributed by atoms with Gasteiger partial charge in [-0.05, 0) is 42.0 Å². The summed E-state index contributed by atoms with van der Waals surface area (Å²) in [4.78, 5) is 25.3. The molecule has 24 heavy (non-hydrogen) atoms. The van der Waals surface area contributed by atoms with Crippen molar-refractivity contribution in [1.29, 1.82) is 0 Å². The Morgan fingerprint density at radius 2 is 1.71 bits per heavy atom. The first-order valence-electron chi connectivity index (χ1n) is 7.12. The lowest BCUT2D eigenvalue weighted by Crippen LogP contribution is -2.21. The van der Waals surface area contributed by atoms with E-state index >= 15 is 0 Å². The summed E-state index contributed by atoms with van der Waals surface area (Å²) < 4.78 is 0. The number of carbonyl (C=O) groups is 2. The molecule has 0 atom stereocenters. The molecule has 4 nitrogen and oxygen atoms in total. The molecule has 0 fully saturated rings. The van der Waals surface area contributed by atoms with E-state index in [9.17, 15) is 9.59 Å². The smallest absolute Gasteiger partial charge is 0.253 e. The fourth-order valence-corrected chi connectivity index (χ4v) is 2.27. The Hall–Kier alpha value is -2.30. The van der Waals surface area contributed by atoms with Gasteiger partial charge in [-0.15, -0.1) is 0 Å². The Bertz CT molecular complexity index is 784. The van der Waals surface area contributed by atoms with Crippen molar-refractivity contribution in [2.24, 2.45) is 0 Å².